The molecule has 1 aromatic carbocycles. The van der Waals surface area contributed by atoms with Gasteiger partial charge >= 0.3 is 0 Å². The lowest BCUT2D eigenvalue weighted by atomic mass is 9.90. The Hall–Kier alpha value is -0.680. The summed E-state index contributed by atoms with van der Waals surface area (Å²) < 4.78 is 10.6. The fourth-order valence-corrected chi connectivity index (χ4v) is 3.24. The molecule has 2 atom stereocenters. The molecule has 3 N–H and O–H groups in total. The summed E-state index contributed by atoms with van der Waals surface area (Å²) in [5.41, 5.74) is 6.91. The fourth-order valence-electron chi connectivity index (χ4n) is 2.96. The molecule has 1 heterocycles. The lowest BCUT2D eigenvalue weighted by molar-refractivity contribution is 0.0844. The van der Waals surface area contributed by atoms with Crippen molar-refractivity contribution in [3.05, 3.63) is 22.7 Å². The van der Waals surface area contributed by atoms with E-state index in [9.17, 15) is 5.11 Å². The highest BCUT2D eigenvalue weighted by Gasteiger charge is 2.31. The number of rotatable bonds is 3. The molecule has 3 rings (SSSR count). The van der Waals surface area contributed by atoms with E-state index in [0.29, 0.717) is 16.5 Å². The van der Waals surface area contributed by atoms with Crippen molar-refractivity contribution in [2.75, 3.05) is 6.79 Å². The molecule has 1 saturated carbocycles. The van der Waals surface area contributed by atoms with Gasteiger partial charge in [-0.3, -0.25) is 0 Å². The van der Waals surface area contributed by atoms with Gasteiger partial charge in [-0.2, -0.15) is 0 Å². The summed E-state index contributed by atoms with van der Waals surface area (Å²) in [4.78, 5) is 0. The maximum Gasteiger partial charge on any atom is 0.231 e. The summed E-state index contributed by atoms with van der Waals surface area (Å²) in [5.74, 6) is 1.56. The van der Waals surface area contributed by atoms with Crippen LogP contribution in [0.25, 0.3) is 0 Å². The predicted octanol–water partition coefficient (Wildman–Crippen LogP) is 3.04. The highest BCUT2D eigenvalue weighted by molar-refractivity contribution is 6.31. The molecular weight excluding hydrogens is 301 g/mol. The van der Waals surface area contributed by atoms with E-state index in [2.05, 4.69) is 0 Å². The van der Waals surface area contributed by atoms with Crippen molar-refractivity contribution in [2.24, 2.45) is 11.7 Å². The molecule has 1 aliphatic heterocycles. The molecule has 1 fully saturated rings. The van der Waals surface area contributed by atoms with Crippen LogP contribution in [0.2, 0.25) is 5.02 Å². The van der Waals surface area contributed by atoms with Gasteiger partial charge in [-0.25, -0.2) is 0 Å². The number of halogens is 2. The van der Waals surface area contributed by atoms with Gasteiger partial charge in [-0.05, 0) is 30.4 Å². The van der Waals surface area contributed by atoms with Crippen LogP contribution in [0.4, 0.5) is 0 Å². The number of aliphatic hydroxyl groups is 1. The first-order chi connectivity index (χ1) is 9.16. The number of hydrogen-bond donors (Lipinski definition) is 2. The largest absolute Gasteiger partial charge is 0.454 e. The molecule has 0 aromatic heterocycles. The Balaban J connectivity index is 0.00000147. The molecule has 0 amide bonds. The maximum absolute atomic E-state index is 10.4. The van der Waals surface area contributed by atoms with Gasteiger partial charge in [0.15, 0.2) is 11.5 Å². The highest BCUT2D eigenvalue weighted by atomic mass is 35.5. The zero-order chi connectivity index (χ0) is 13.4. The average molecular weight is 320 g/mol. The zero-order valence-corrected chi connectivity index (χ0v) is 12.6. The van der Waals surface area contributed by atoms with Crippen LogP contribution in [0, 0.1) is 5.92 Å². The van der Waals surface area contributed by atoms with Crippen LogP contribution >= 0.6 is 24.0 Å². The normalized spacial score (nSPS) is 20.6. The minimum atomic E-state index is -0.555. The second-order valence-corrected chi connectivity index (χ2v) is 5.70. The van der Waals surface area contributed by atoms with Gasteiger partial charge < -0.3 is 20.3 Å². The molecular formula is C14H19Cl2NO3. The molecule has 1 aromatic rings. The number of nitrogens with two attached hydrogens (primary N) is 1. The standard InChI is InChI=1S/C14H18ClNO3.ClH/c15-10-6-12-11(18-7-19-12)5-9(10)13(16)14(17)8-3-1-2-4-8;/h5-6,8,13-14,17H,1-4,7,16H2;1H/t13-,14+;/m0./s1. The SMILES string of the molecule is Cl.N[C@@H](c1cc2c(cc1Cl)OCO2)[C@H](O)C1CCCC1. The second-order valence-electron chi connectivity index (χ2n) is 5.29. The molecule has 20 heavy (non-hydrogen) atoms. The van der Waals surface area contributed by atoms with Crippen LogP contribution in [0.1, 0.15) is 37.3 Å². The quantitative estimate of drug-likeness (QED) is 0.898. The molecule has 0 bridgehead atoms. The molecule has 0 spiro atoms. The predicted molar refractivity (Wildman–Crippen MR) is 79.7 cm³/mol. The summed E-state index contributed by atoms with van der Waals surface area (Å²) in [6.45, 7) is 0.204. The second kappa shape index (κ2) is 6.39. The van der Waals surface area contributed by atoms with Gasteiger partial charge in [0.05, 0.1) is 12.1 Å². The molecule has 0 unspecified atom stereocenters. The Morgan fingerprint density at radius 3 is 2.45 bits per heavy atom. The summed E-state index contributed by atoms with van der Waals surface area (Å²) in [7, 11) is 0. The van der Waals surface area contributed by atoms with Gasteiger partial charge in [-0.15, -0.1) is 12.4 Å². The Kier molecular flexibility index (Phi) is 5.02. The molecule has 0 radical (unpaired) electrons. The lowest BCUT2D eigenvalue weighted by Gasteiger charge is -2.25. The lowest BCUT2D eigenvalue weighted by Crippen LogP contribution is -2.32. The van der Waals surface area contributed by atoms with Crippen LogP contribution in [-0.2, 0) is 0 Å². The highest BCUT2D eigenvalue weighted by Crippen LogP contribution is 2.41. The van der Waals surface area contributed by atoms with Gasteiger partial charge in [0, 0.05) is 11.1 Å². The number of benzene rings is 1. The van der Waals surface area contributed by atoms with E-state index < -0.39 is 12.1 Å². The first-order valence-corrected chi connectivity index (χ1v) is 7.07. The van der Waals surface area contributed by atoms with Crippen molar-refractivity contribution < 1.29 is 14.6 Å². The third-order valence-corrected chi connectivity index (χ3v) is 4.43. The van der Waals surface area contributed by atoms with Crippen LogP contribution in [0.3, 0.4) is 0 Å². The molecule has 0 saturated heterocycles. The topological polar surface area (TPSA) is 64.7 Å². The minimum Gasteiger partial charge on any atom is -0.454 e. The summed E-state index contributed by atoms with van der Waals surface area (Å²) >= 11 is 6.23. The first-order valence-electron chi connectivity index (χ1n) is 6.69. The summed E-state index contributed by atoms with van der Waals surface area (Å²) in [5, 5.41) is 10.9. The average Bonchev–Trinajstić information content (AvgIpc) is 3.06. The Labute approximate surface area is 129 Å². The maximum atomic E-state index is 10.4. The third-order valence-electron chi connectivity index (χ3n) is 4.10. The van der Waals surface area contributed by atoms with Crippen molar-refractivity contribution in [1.29, 1.82) is 0 Å². The smallest absolute Gasteiger partial charge is 0.231 e. The number of ether oxygens (including phenoxy) is 2. The van der Waals surface area contributed by atoms with E-state index in [1.165, 1.54) is 12.8 Å². The fraction of sp³-hybridized carbons (Fsp3) is 0.571. The summed E-state index contributed by atoms with van der Waals surface area (Å²) in [6.07, 6.45) is 3.86. The molecule has 6 heteroatoms. The van der Waals surface area contributed by atoms with Crippen LogP contribution in [-0.4, -0.2) is 18.0 Å². The van der Waals surface area contributed by atoms with Gasteiger partial charge in [0.1, 0.15) is 0 Å². The van der Waals surface area contributed by atoms with Crippen molar-refractivity contribution in [3.63, 3.8) is 0 Å². The number of aliphatic hydroxyl groups excluding tert-OH is 1. The van der Waals surface area contributed by atoms with E-state index in [1.807, 2.05) is 0 Å². The van der Waals surface area contributed by atoms with Crippen molar-refractivity contribution in [1.82, 2.24) is 0 Å². The first kappa shape index (κ1) is 15.7. The van der Waals surface area contributed by atoms with Crippen LogP contribution in [0.15, 0.2) is 12.1 Å². The van der Waals surface area contributed by atoms with Gasteiger partial charge in [-0.1, -0.05) is 24.4 Å². The van der Waals surface area contributed by atoms with Crippen molar-refractivity contribution >= 4 is 24.0 Å². The van der Waals surface area contributed by atoms with E-state index >= 15 is 0 Å². The van der Waals surface area contributed by atoms with Gasteiger partial charge in [0.25, 0.3) is 0 Å². The molecule has 112 valence electrons. The Morgan fingerprint density at radius 1 is 1.20 bits per heavy atom. The monoisotopic (exact) mass is 319 g/mol. The van der Waals surface area contributed by atoms with E-state index in [1.54, 1.807) is 12.1 Å². The van der Waals surface area contributed by atoms with E-state index in [4.69, 9.17) is 26.8 Å². The van der Waals surface area contributed by atoms with E-state index in [-0.39, 0.29) is 25.1 Å². The van der Waals surface area contributed by atoms with Gasteiger partial charge in [0.2, 0.25) is 6.79 Å². The number of fused-ring (bicyclic) bond motifs is 1. The van der Waals surface area contributed by atoms with Crippen LogP contribution in [0.5, 0.6) is 11.5 Å². The minimum absolute atomic E-state index is 0. The number of hydrogen-bond acceptors (Lipinski definition) is 4. The molecule has 4 nitrogen and oxygen atoms in total. The van der Waals surface area contributed by atoms with Crippen LogP contribution < -0.4 is 15.2 Å². The molecule has 1 aliphatic carbocycles. The van der Waals surface area contributed by atoms with E-state index in [0.717, 1.165) is 18.4 Å². The molecule has 2 aliphatic rings. The Morgan fingerprint density at radius 2 is 1.80 bits per heavy atom. The third kappa shape index (κ3) is 2.84. The summed E-state index contributed by atoms with van der Waals surface area (Å²) in [6, 6.07) is 3.01. The zero-order valence-electron chi connectivity index (χ0n) is 11.0. The van der Waals surface area contributed by atoms with Crippen molar-refractivity contribution in [3.8, 4) is 11.5 Å². The van der Waals surface area contributed by atoms with Crippen molar-refractivity contribution in [2.45, 2.75) is 37.8 Å². The Bertz CT molecular complexity index is 478.